The molecule has 8 nitrogen and oxygen atoms in total. The predicted octanol–water partition coefficient (Wildman–Crippen LogP) is 3.59. The van der Waals surface area contributed by atoms with E-state index in [0.29, 0.717) is 35.3 Å². The van der Waals surface area contributed by atoms with Gasteiger partial charge in [0.25, 0.3) is 11.8 Å². The molecule has 0 aliphatic rings. The number of nitrogens with one attached hydrogen (secondary N) is 3. The van der Waals surface area contributed by atoms with Crippen molar-refractivity contribution in [2.24, 2.45) is 5.92 Å². The number of rotatable bonds is 8. The molecule has 8 heteroatoms. The number of H-pyrrole nitrogens is 1. The van der Waals surface area contributed by atoms with E-state index in [1.807, 2.05) is 30.3 Å². The summed E-state index contributed by atoms with van der Waals surface area (Å²) in [5.41, 5.74) is 6.83. The monoisotopic (exact) mass is 422 g/mol. The fourth-order valence-electron chi connectivity index (χ4n) is 2.78. The lowest BCUT2D eigenvalue weighted by Gasteiger charge is -2.13. The van der Waals surface area contributed by atoms with Gasteiger partial charge >= 0.3 is 0 Å². The van der Waals surface area contributed by atoms with E-state index in [1.165, 1.54) is 7.11 Å². The van der Waals surface area contributed by atoms with Crippen LogP contribution in [-0.4, -0.2) is 35.7 Å². The zero-order valence-corrected chi connectivity index (χ0v) is 17.8. The number of hydrogen-bond donors (Lipinski definition) is 3. The largest absolute Gasteiger partial charge is 0.493 e. The lowest BCUT2D eigenvalue weighted by molar-refractivity contribution is 0.0843. The van der Waals surface area contributed by atoms with Crippen molar-refractivity contribution in [1.29, 1.82) is 0 Å². The third-order valence-electron chi connectivity index (χ3n) is 4.56. The van der Waals surface area contributed by atoms with Crippen molar-refractivity contribution in [3.05, 3.63) is 65.9 Å². The molecule has 0 radical (unpaired) electrons. The first-order valence-corrected chi connectivity index (χ1v) is 10.00. The van der Waals surface area contributed by atoms with Gasteiger partial charge in [0.1, 0.15) is 5.69 Å². The van der Waals surface area contributed by atoms with E-state index in [-0.39, 0.29) is 5.69 Å². The fourth-order valence-corrected chi connectivity index (χ4v) is 2.78. The predicted molar refractivity (Wildman–Crippen MR) is 117 cm³/mol. The number of carbonyl (C=O) groups excluding carboxylic acids is 2. The standard InChI is InChI=1S/C23H26N4O4/c1-15(2)11-12-31-20-10-9-17(13-21(20)30-3)22(28)26-27-23(29)19-14-18(24-25-19)16-7-5-4-6-8-16/h4-10,13-15H,11-12H2,1-3H3,(H,24,25)(H,26,28)(H,27,29). The number of hydrogen-bond acceptors (Lipinski definition) is 5. The van der Waals surface area contributed by atoms with Crippen molar-refractivity contribution in [2.75, 3.05) is 13.7 Å². The quantitative estimate of drug-likeness (QED) is 0.481. The molecule has 162 valence electrons. The number of methoxy groups -OCH3 is 1. The zero-order chi connectivity index (χ0) is 22.2. The lowest BCUT2D eigenvalue weighted by atomic mass is 10.1. The minimum atomic E-state index is -0.511. The van der Waals surface area contributed by atoms with E-state index < -0.39 is 11.8 Å². The molecule has 3 rings (SSSR count). The molecule has 0 atom stereocenters. The van der Waals surface area contributed by atoms with Gasteiger partial charge in [0.2, 0.25) is 0 Å². The molecule has 1 heterocycles. The van der Waals surface area contributed by atoms with Gasteiger partial charge in [-0.1, -0.05) is 44.2 Å². The summed E-state index contributed by atoms with van der Waals surface area (Å²) in [5.74, 6) is 0.545. The molecule has 0 saturated carbocycles. The Balaban J connectivity index is 1.59. The second kappa shape index (κ2) is 10.3. The van der Waals surface area contributed by atoms with E-state index in [4.69, 9.17) is 9.47 Å². The summed E-state index contributed by atoms with van der Waals surface area (Å²) in [6.45, 7) is 4.80. The SMILES string of the molecule is COc1cc(C(=O)NNC(=O)c2cc(-c3ccccc3)n[nH]2)ccc1OCCC(C)C. The smallest absolute Gasteiger partial charge is 0.287 e. The molecule has 2 amide bonds. The number of aromatic nitrogens is 2. The Morgan fingerprint density at radius 3 is 2.45 bits per heavy atom. The highest BCUT2D eigenvalue weighted by molar-refractivity contribution is 5.99. The molecule has 3 aromatic rings. The van der Waals surface area contributed by atoms with E-state index in [1.54, 1.807) is 24.3 Å². The maximum absolute atomic E-state index is 12.4. The van der Waals surface area contributed by atoms with Crippen LogP contribution < -0.4 is 20.3 Å². The summed E-state index contributed by atoms with van der Waals surface area (Å²) in [7, 11) is 1.51. The average Bonchev–Trinajstić information content (AvgIpc) is 3.28. The molecule has 2 aromatic carbocycles. The minimum absolute atomic E-state index is 0.227. The van der Waals surface area contributed by atoms with Crippen molar-refractivity contribution in [1.82, 2.24) is 21.0 Å². The molecule has 1 aromatic heterocycles. The first-order chi connectivity index (χ1) is 15.0. The lowest BCUT2D eigenvalue weighted by Crippen LogP contribution is -2.41. The number of amides is 2. The third kappa shape index (κ3) is 5.85. The van der Waals surface area contributed by atoms with Gasteiger partial charge in [-0.05, 0) is 36.6 Å². The van der Waals surface area contributed by atoms with E-state index in [2.05, 4.69) is 34.9 Å². The molecule has 0 bridgehead atoms. The van der Waals surface area contributed by atoms with Crippen LogP contribution >= 0.6 is 0 Å². The van der Waals surface area contributed by atoms with E-state index in [0.717, 1.165) is 12.0 Å². The normalized spacial score (nSPS) is 10.6. The first kappa shape index (κ1) is 21.9. The first-order valence-electron chi connectivity index (χ1n) is 10.00. The Morgan fingerprint density at radius 2 is 1.74 bits per heavy atom. The van der Waals surface area contributed by atoms with Gasteiger partial charge in [0.15, 0.2) is 11.5 Å². The highest BCUT2D eigenvalue weighted by atomic mass is 16.5. The van der Waals surface area contributed by atoms with Crippen LogP contribution in [0.4, 0.5) is 0 Å². The average molecular weight is 422 g/mol. The summed E-state index contributed by atoms with van der Waals surface area (Å²) in [6, 6.07) is 15.9. The molecule has 0 spiro atoms. The summed E-state index contributed by atoms with van der Waals surface area (Å²) in [4.78, 5) is 24.8. The van der Waals surface area contributed by atoms with Crippen molar-refractivity contribution < 1.29 is 19.1 Å². The highest BCUT2D eigenvalue weighted by Gasteiger charge is 2.15. The second-order valence-corrected chi connectivity index (χ2v) is 7.34. The summed E-state index contributed by atoms with van der Waals surface area (Å²) >= 11 is 0. The Morgan fingerprint density at radius 1 is 1.00 bits per heavy atom. The van der Waals surface area contributed by atoms with Gasteiger partial charge in [-0.2, -0.15) is 5.10 Å². The van der Waals surface area contributed by atoms with Gasteiger partial charge in [0.05, 0.1) is 19.4 Å². The van der Waals surface area contributed by atoms with Gasteiger partial charge in [-0.3, -0.25) is 25.5 Å². The summed E-state index contributed by atoms with van der Waals surface area (Å²) in [6.07, 6.45) is 0.914. The van der Waals surface area contributed by atoms with Crippen molar-refractivity contribution in [2.45, 2.75) is 20.3 Å². The van der Waals surface area contributed by atoms with Crippen molar-refractivity contribution in [3.8, 4) is 22.8 Å². The van der Waals surface area contributed by atoms with Crippen LogP contribution in [0.2, 0.25) is 0 Å². The van der Waals surface area contributed by atoms with Crippen LogP contribution in [-0.2, 0) is 0 Å². The maximum atomic E-state index is 12.4. The molecule has 3 N–H and O–H groups in total. The minimum Gasteiger partial charge on any atom is -0.493 e. The zero-order valence-electron chi connectivity index (χ0n) is 17.8. The molecule has 0 fully saturated rings. The van der Waals surface area contributed by atoms with Crippen molar-refractivity contribution >= 4 is 11.8 Å². The van der Waals surface area contributed by atoms with Crippen molar-refractivity contribution in [3.63, 3.8) is 0 Å². The number of hydrazine groups is 1. The molecule has 31 heavy (non-hydrogen) atoms. The molecule has 0 unspecified atom stereocenters. The van der Waals surface area contributed by atoms with E-state index in [9.17, 15) is 9.59 Å². The second-order valence-electron chi connectivity index (χ2n) is 7.34. The number of benzene rings is 2. The number of ether oxygens (including phenoxy) is 2. The molecular weight excluding hydrogens is 396 g/mol. The van der Waals surface area contributed by atoms with Gasteiger partial charge in [0, 0.05) is 11.1 Å². The Bertz CT molecular complexity index is 1030. The highest BCUT2D eigenvalue weighted by Crippen LogP contribution is 2.28. The molecule has 0 saturated heterocycles. The Hall–Kier alpha value is -3.81. The third-order valence-corrected chi connectivity index (χ3v) is 4.56. The number of aromatic amines is 1. The van der Waals surface area contributed by atoms with Crippen LogP contribution in [0, 0.1) is 5.92 Å². The molecule has 0 aliphatic heterocycles. The van der Waals surface area contributed by atoms with Crippen LogP contribution in [0.15, 0.2) is 54.6 Å². The van der Waals surface area contributed by atoms with Gasteiger partial charge in [-0.25, -0.2) is 0 Å². The van der Waals surface area contributed by atoms with Crippen LogP contribution in [0.3, 0.4) is 0 Å². The fraction of sp³-hybridized carbons (Fsp3) is 0.261. The van der Waals surface area contributed by atoms with Gasteiger partial charge in [-0.15, -0.1) is 0 Å². The molecule has 0 aliphatic carbocycles. The Labute approximate surface area is 180 Å². The summed E-state index contributed by atoms with van der Waals surface area (Å²) < 4.78 is 11.1. The number of carbonyl (C=O) groups is 2. The number of nitrogens with zero attached hydrogens (tertiary/aromatic N) is 1. The van der Waals surface area contributed by atoms with E-state index >= 15 is 0 Å². The summed E-state index contributed by atoms with van der Waals surface area (Å²) in [5, 5.41) is 6.80. The van der Waals surface area contributed by atoms with Gasteiger partial charge < -0.3 is 9.47 Å². The maximum Gasteiger partial charge on any atom is 0.287 e. The van der Waals surface area contributed by atoms with Crippen LogP contribution in [0.1, 0.15) is 41.1 Å². The van der Waals surface area contributed by atoms with Crippen LogP contribution in [0.25, 0.3) is 11.3 Å². The topological polar surface area (TPSA) is 105 Å². The molecular formula is C23H26N4O4. The Kier molecular flexibility index (Phi) is 7.26. The van der Waals surface area contributed by atoms with Crippen LogP contribution in [0.5, 0.6) is 11.5 Å².